The molecule has 3 radical (unpaired) electrons. The van der Waals surface area contributed by atoms with E-state index in [0.29, 0.717) is 0 Å². The second-order valence-corrected chi connectivity index (χ2v) is 1.80. The summed E-state index contributed by atoms with van der Waals surface area (Å²) in [6.45, 7) is 0. The quantitative estimate of drug-likeness (QED) is 0.278. The van der Waals surface area contributed by atoms with E-state index in [1.807, 2.05) is 0 Å². The number of hydrogen-bond acceptors (Lipinski definition) is 4. The summed E-state index contributed by atoms with van der Waals surface area (Å²) in [7, 11) is -4.61. The SMILES string of the molecule is O[Si](O)(O)O.[Na].[Na].[Na]. The van der Waals surface area contributed by atoms with Gasteiger partial charge in [-0.2, -0.15) is 0 Å². The first-order valence-electron chi connectivity index (χ1n) is 0.894. The molecule has 0 bridgehead atoms. The summed E-state index contributed by atoms with van der Waals surface area (Å²) < 4.78 is 0. The van der Waals surface area contributed by atoms with Crippen LogP contribution in [0.4, 0.5) is 0 Å². The summed E-state index contributed by atoms with van der Waals surface area (Å²) >= 11 is 0. The molecule has 8 heteroatoms. The minimum absolute atomic E-state index is 0. The van der Waals surface area contributed by atoms with Crippen molar-refractivity contribution in [2.24, 2.45) is 0 Å². The van der Waals surface area contributed by atoms with Gasteiger partial charge in [0.2, 0.25) is 0 Å². The Morgan fingerprint density at radius 2 is 0.625 bits per heavy atom. The molecule has 4 N–H and O–H groups in total. The van der Waals surface area contributed by atoms with Crippen LogP contribution in [0.15, 0.2) is 0 Å². The van der Waals surface area contributed by atoms with Crippen molar-refractivity contribution < 1.29 is 19.2 Å². The molecule has 0 unspecified atom stereocenters. The maximum absolute atomic E-state index is 7.33. The van der Waals surface area contributed by atoms with Crippen molar-refractivity contribution in [1.82, 2.24) is 0 Å². The molecule has 4 nitrogen and oxygen atoms in total. The standard InChI is InChI=1S/3Na.H4O4Si/c;;;1-5(2,3)4/h;;;1-4H. The minimum atomic E-state index is -4.61. The molecule has 35 valence electrons. The fourth-order valence-electron chi connectivity index (χ4n) is 0. The van der Waals surface area contributed by atoms with Gasteiger partial charge in [-0.15, -0.1) is 0 Å². The van der Waals surface area contributed by atoms with Crippen molar-refractivity contribution in [2.75, 3.05) is 0 Å². The third-order valence-corrected chi connectivity index (χ3v) is 0. The molecule has 0 spiro atoms. The van der Waals surface area contributed by atoms with E-state index in [2.05, 4.69) is 0 Å². The van der Waals surface area contributed by atoms with Crippen molar-refractivity contribution >= 4 is 97.7 Å². The van der Waals surface area contributed by atoms with Crippen LogP contribution in [0.3, 0.4) is 0 Å². The molecular formula is H4Na3O4Si. The largest absolute Gasteiger partial charge is 0.668 e. The fourth-order valence-corrected chi connectivity index (χ4v) is 0. The van der Waals surface area contributed by atoms with Gasteiger partial charge in [0.05, 0.1) is 0 Å². The van der Waals surface area contributed by atoms with E-state index in [4.69, 9.17) is 19.2 Å². The van der Waals surface area contributed by atoms with Crippen LogP contribution in [0.2, 0.25) is 0 Å². The monoisotopic (exact) mass is 165 g/mol. The molecule has 0 aromatic heterocycles. The van der Waals surface area contributed by atoms with E-state index in [9.17, 15) is 0 Å². The first-order valence-corrected chi connectivity index (χ1v) is 2.68. The Balaban J connectivity index is -0.0000000267. The zero-order valence-electron chi connectivity index (χ0n) is 5.29. The molecule has 0 aromatic carbocycles. The normalized spacial score (nSPS) is 7.50. The Labute approximate surface area is 115 Å². The van der Waals surface area contributed by atoms with Crippen LogP contribution in [0.25, 0.3) is 0 Å². The van der Waals surface area contributed by atoms with Gasteiger partial charge >= 0.3 is 9.05 Å². The maximum atomic E-state index is 7.33. The summed E-state index contributed by atoms with van der Waals surface area (Å²) in [5.41, 5.74) is 0. The van der Waals surface area contributed by atoms with Gasteiger partial charge in [0, 0.05) is 88.7 Å². The Morgan fingerprint density at radius 3 is 0.625 bits per heavy atom. The molecule has 0 saturated carbocycles. The van der Waals surface area contributed by atoms with Crippen LogP contribution in [0, 0.1) is 0 Å². The van der Waals surface area contributed by atoms with Gasteiger partial charge < -0.3 is 19.2 Å². The summed E-state index contributed by atoms with van der Waals surface area (Å²) in [5, 5.41) is 0. The van der Waals surface area contributed by atoms with E-state index >= 15 is 0 Å². The molecular weight excluding hydrogens is 161 g/mol. The molecule has 0 heterocycles. The van der Waals surface area contributed by atoms with Crippen molar-refractivity contribution in [3.05, 3.63) is 0 Å². The van der Waals surface area contributed by atoms with Gasteiger partial charge in [-0.3, -0.25) is 0 Å². The maximum Gasteiger partial charge on any atom is 0.668 e. The van der Waals surface area contributed by atoms with E-state index in [-0.39, 0.29) is 88.7 Å². The van der Waals surface area contributed by atoms with Gasteiger partial charge in [-0.1, -0.05) is 0 Å². The summed E-state index contributed by atoms with van der Waals surface area (Å²) in [6, 6.07) is 0. The Kier molecular flexibility index (Phi) is 28.2. The topological polar surface area (TPSA) is 80.9 Å². The predicted molar refractivity (Wildman–Crippen MR) is 31.9 cm³/mol. The van der Waals surface area contributed by atoms with Gasteiger partial charge in [0.25, 0.3) is 0 Å². The van der Waals surface area contributed by atoms with Gasteiger partial charge in [-0.05, 0) is 0 Å². The molecule has 0 fully saturated rings. The molecule has 0 atom stereocenters. The van der Waals surface area contributed by atoms with Crippen LogP contribution in [-0.2, 0) is 0 Å². The third kappa shape index (κ3) is 62.9. The minimum Gasteiger partial charge on any atom is -0.368 e. The van der Waals surface area contributed by atoms with Crippen LogP contribution < -0.4 is 0 Å². The van der Waals surface area contributed by atoms with Crippen molar-refractivity contribution in [3.63, 3.8) is 0 Å². The third-order valence-electron chi connectivity index (χ3n) is 0. The Hall–Kier alpha value is 3.06. The molecule has 0 saturated heterocycles. The second kappa shape index (κ2) is 10.1. The number of hydrogen-bond donors (Lipinski definition) is 4. The molecule has 0 aliphatic heterocycles. The smallest absolute Gasteiger partial charge is 0.368 e. The zero-order valence-corrected chi connectivity index (χ0v) is 12.3. The van der Waals surface area contributed by atoms with Gasteiger partial charge in [0.1, 0.15) is 0 Å². The molecule has 0 aliphatic carbocycles. The average molecular weight is 165 g/mol. The van der Waals surface area contributed by atoms with E-state index in [1.165, 1.54) is 0 Å². The van der Waals surface area contributed by atoms with Crippen molar-refractivity contribution in [3.8, 4) is 0 Å². The van der Waals surface area contributed by atoms with Gasteiger partial charge in [0.15, 0.2) is 0 Å². The average Bonchev–Trinajstić information content (AvgIpc) is 0.722. The summed E-state index contributed by atoms with van der Waals surface area (Å²) in [4.78, 5) is 29.3. The van der Waals surface area contributed by atoms with E-state index in [1.54, 1.807) is 0 Å². The first kappa shape index (κ1) is 22.5. The zero-order chi connectivity index (χ0) is 4.50. The molecule has 0 amide bonds. The molecule has 8 heavy (non-hydrogen) atoms. The van der Waals surface area contributed by atoms with Crippen molar-refractivity contribution in [2.45, 2.75) is 0 Å². The van der Waals surface area contributed by atoms with Crippen LogP contribution in [0.1, 0.15) is 0 Å². The molecule has 0 rings (SSSR count). The van der Waals surface area contributed by atoms with Gasteiger partial charge in [-0.25, -0.2) is 0 Å². The number of rotatable bonds is 0. The fraction of sp³-hybridized carbons (Fsp3) is 0. The van der Waals surface area contributed by atoms with Crippen LogP contribution >= 0.6 is 0 Å². The van der Waals surface area contributed by atoms with Crippen LogP contribution in [-0.4, -0.2) is 117 Å². The summed E-state index contributed by atoms with van der Waals surface area (Å²) in [6.07, 6.45) is 0. The van der Waals surface area contributed by atoms with E-state index in [0.717, 1.165) is 0 Å². The Bertz CT molecular complexity index is 26.8. The predicted octanol–water partition coefficient (Wildman–Crippen LogP) is -3.75. The van der Waals surface area contributed by atoms with Crippen LogP contribution in [0.5, 0.6) is 0 Å². The Morgan fingerprint density at radius 1 is 0.625 bits per heavy atom. The van der Waals surface area contributed by atoms with E-state index < -0.39 is 9.05 Å². The molecule has 0 aliphatic rings. The second-order valence-electron chi connectivity index (χ2n) is 0.600. The summed E-state index contributed by atoms with van der Waals surface area (Å²) in [5.74, 6) is 0. The van der Waals surface area contributed by atoms with Crippen molar-refractivity contribution in [1.29, 1.82) is 0 Å². The molecule has 0 aromatic rings. The first-order chi connectivity index (χ1) is 2.00.